The fraction of sp³-hybridized carbons (Fsp3) is 0.0952. The lowest BCUT2D eigenvalue weighted by Gasteiger charge is -2.24. The van der Waals surface area contributed by atoms with Crippen LogP contribution in [-0.4, -0.2) is 32.1 Å². The van der Waals surface area contributed by atoms with Crippen LogP contribution in [0.2, 0.25) is 0 Å². The molecule has 0 atom stereocenters. The van der Waals surface area contributed by atoms with Gasteiger partial charge in [0.2, 0.25) is 0 Å². The lowest BCUT2D eigenvalue weighted by Crippen LogP contribution is -2.39. The third kappa shape index (κ3) is 5.70. The Morgan fingerprint density at radius 1 is 1.06 bits per heavy atom. The van der Waals surface area contributed by atoms with E-state index >= 15 is 0 Å². The molecule has 1 N–H and O–H groups in total. The summed E-state index contributed by atoms with van der Waals surface area (Å²) < 4.78 is 66.4. The minimum Gasteiger partial charge on any atom is -0.271 e. The maximum Gasteiger partial charge on any atom is 0.416 e. The van der Waals surface area contributed by atoms with Crippen molar-refractivity contribution in [3.8, 4) is 0 Å². The number of pyridine rings is 1. The first-order valence-electron chi connectivity index (χ1n) is 9.15. The van der Waals surface area contributed by atoms with Crippen LogP contribution in [0.4, 0.5) is 18.9 Å². The summed E-state index contributed by atoms with van der Waals surface area (Å²) in [5, 5.41) is 3.73. The Kier molecular flexibility index (Phi) is 6.89. The Morgan fingerprint density at radius 2 is 1.81 bits per heavy atom. The molecule has 0 bridgehead atoms. The number of sulfonamides is 1. The van der Waals surface area contributed by atoms with Crippen molar-refractivity contribution in [2.24, 2.45) is 5.10 Å². The molecule has 1 amide bonds. The van der Waals surface area contributed by atoms with E-state index < -0.39 is 34.2 Å². The topological polar surface area (TPSA) is 91.7 Å². The van der Waals surface area contributed by atoms with E-state index in [0.717, 1.165) is 12.1 Å². The molecule has 0 aliphatic carbocycles. The molecular weight excluding hydrogens is 445 g/mol. The highest BCUT2D eigenvalue weighted by Crippen LogP contribution is 2.33. The number of aromatic nitrogens is 1. The number of anilines is 1. The zero-order valence-corrected chi connectivity index (χ0v) is 17.2. The van der Waals surface area contributed by atoms with Gasteiger partial charge < -0.3 is 0 Å². The molecule has 0 saturated carbocycles. The molecule has 3 aromatic rings. The van der Waals surface area contributed by atoms with Gasteiger partial charge in [0.1, 0.15) is 6.54 Å². The monoisotopic (exact) mass is 462 g/mol. The summed E-state index contributed by atoms with van der Waals surface area (Å²) >= 11 is 0. The van der Waals surface area contributed by atoms with Gasteiger partial charge >= 0.3 is 6.18 Å². The fourth-order valence-electron chi connectivity index (χ4n) is 2.67. The summed E-state index contributed by atoms with van der Waals surface area (Å²) in [6.07, 6.45) is -0.346. The zero-order chi connectivity index (χ0) is 23.2. The van der Waals surface area contributed by atoms with Gasteiger partial charge in [0.25, 0.3) is 15.9 Å². The standard InChI is InChI=1S/C21H17F3N4O3S/c22-21(23,24)17-7-4-8-18(12-17)28(32(30,31)19-9-2-1-3-10-19)15-20(29)27-26-14-16-6-5-11-25-13-16/h1-14H,15H2,(H,27,29)/b26-14-. The van der Waals surface area contributed by atoms with E-state index in [4.69, 9.17) is 0 Å². The van der Waals surface area contributed by atoms with Gasteiger partial charge in [-0.25, -0.2) is 13.8 Å². The molecule has 3 rings (SSSR count). The van der Waals surface area contributed by atoms with Crippen molar-refractivity contribution in [2.45, 2.75) is 11.1 Å². The van der Waals surface area contributed by atoms with Gasteiger partial charge in [-0.3, -0.25) is 14.1 Å². The van der Waals surface area contributed by atoms with Crippen LogP contribution in [0.5, 0.6) is 0 Å². The maximum atomic E-state index is 13.2. The van der Waals surface area contributed by atoms with Crippen molar-refractivity contribution in [2.75, 3.05) is 10.8 Å². The fourth-order valence-corrected chi connectivity index (χ4v) is 4.10. The molecule has 0 spiro atoms. The summed E-state index contributed by atoms with van der Waals surface area (Å²) in [5.41, 5.74) is 1.40. The molecule has 2 aromatic carbocycles. The zero-order valence-electron chi connectivity index (χ0n) is 16.4. The molecule has 32 heavy (non-hydrogen) atoms. The Labute approximate surface area is 182 Å². The van der Waals surface area contributed by atoms with Crippen LogP contribution in [0.1, 0.15) is 11.1 Å². The van der Waals surface area contributed by atoms with Crippen LogP contribution in [-0.2, 0) is 21.0 Å². The van der Waals surface area contributed by atoms with Gasteiger partial charge in [-0.05, 0) is 36.4 Å². The van der Waals surface area contributed by atoms with Gasteiger partial charge in [-0.1, -0.05) is 30.3 Å². The first-order valence-corrected chi connectivity index (χ1v) is 10.6. The van der Waals surface area contributed by atoms with Crippen molar-refractivity contribution < 1.29 is 26.4 Å². The number of carbonyl (C=O) groups is 1. The molecule has 11 heteroatoms. The molecule has 0 radical (unpaired) electrons. The van der Waals surface area contributed by atoms with Gasteiger partial charge in [-0.2, -0.15) is 18.3 Å². The van der Waals surface area contributed by atoms with Crippen LogP contribution < -0.4 is 9.73 Å². The van der Waals surface area contributed by atoms with E-state index in [-0.39, 0.29) is 10.6 Å². The van der Waals surface area contributed by atoms with Crippen LogP contribution in [0.3, 0.4) is 0 Å². The van der Waals surface area contributed by atoms with Gasteiger partial charge in [0.05, 0.1) is 22.4 Å². The summed E-state index contributed by atoms with van der Waals surface area (Å²) in [5.74, 6) is -0.845. The van der Waals surface area contributed by atoms with Crippen LogP contribution in [0, 0.1) is 0 Å². The Balaban J connectivity index is 1.91. The number of alkyl halides is 3. The number of hydrogen-bond acceptors (Lipinski definition) is 5. The number of rotatable bonds is 7. The highest BCUT2D eigenvalue weighted by Gasteiger charge is 2.33. The highest BCUT2D eigenvalue weighted by molar-refractivity contribution is 7.92. The van der Waals surface area contributed by atoms with Gasteiger partial charge in [0.15, 0.2) is 0 Å². The van der Waals surface area contributed by atoms with Crippen LogP contribution in [0.15, 0.2) is 89.1 Å². The summed E-state index contributed by atoms with van der Waals surface area (Å²) in [7, 11) is -4.35. The second kappa shape index (κ2) is 9.60. The number of carbonyl (C=O) groups excluding carboxylic acids is 1. The summed E-state index contributed by atoms with van der Waals surface area (Å²) in [6, 6.07) is 14.2. The third-order valence-electron chi connectivity index (χ3n) is 4.17. The molecule has 0 saturated heterocycles. The van der Waals surface area contributed by atoms with E-state index in [2.05, 4.69) is 15.5 Å². The minimum absolute atomic E-state index is 0.177. The van der Waals surface area contributed by atoms with E-state index in [1.165, 1.54) is 42.7 Å². The van der Waals surface area contributed by atoms with E-state index in [9.17, 15) is 26.4 Å². The molecule has 166 valence electrons. The second-order valence-electron chi connectivity index (χ2n) is 6.45. The van der Waals surface area contributed by atoms with Crippen molar-refractivity contribution in [3.63, 3.8) is 0 Å². The largest absolute Gasteiger partial charge is 0.416 e. The normalized spacial score (nSPS) is 12.0. The second-order valence-corrected chi connectivity index (χ2v) is 8.31. The van der Waals surface area contributed by atoms with Gasteiger partial charge in [0, 0.05) is 18.0 Å². The SMILES string of the molecule is O=C(CN(c1cccc(C(F)(F)F)c1)S(=O)(=O)c1ccccc1)N/N=C\c1cccnc1. The number of benzene rings is 2. The average molecular weight is 462 g/mol. The predicted molar refractivity (Wildman–Crippen MR) is 112 cm³/mol. The molecule has 1 aromatic heterocycles. The van der Waals surface area contributed by atoms with Crippen molar-refractivity contribution >= 4 is 27.8 Å². The summed E-state index contributed by atoms with van der Waals surface area (Å²) in [6.45, 7) is -0.789. The number of halogens is 3. The number of hydrogen-bond donors (Lipinski definition) is 1. The summed E-state index contributed by atoms with van der Waals surface area (Å²) in [4.78, 5) is 16.1. The van der Waals surface area contributed by atoms with E-state index in [0.29, 0.717) is 15.9 Å². The van der Waals surface area contributed by atoms with E-state index in [1.54, 1.807) is 24.4 Å². The molecule has 7 nitrogen and oxygen atoms in total. The number of hydrazone groups is 1. The molecule has 1 heterocycles. The minimum atomic E-state index is -4.69. The van der Waals surface area contributed by atoms with Crippen molar-refractivity contribution in [3.05, 3.63) is 90.3 Å². The molecular formula is C21H17F3N4O3S. The predicted octanol–water partition coefficient (Wildman–Crippen LogP) is 3.45. The lowest BCUT2D eigenvalue weighted by molar-refractivity contribution is -0.137. The van der Waals surface area contributed by atoms with Gasteiger partial charge in [-0.15, -0.1) is 0 Å². The molecule has 0 aliphatic rings. The maximum absolute atomic E-state index is 13.2. The van der Waals surface area contributed by atoms with Crippen LogP contribution >= 0.6 is 0 Å². The average Bonchev–Trinajstić information content (AvgIpc) is 2.78. The van der Waals surface area contributed by atoms with Crippen molar-refractivity contribution in [1.29, 1.82) is 0 Å². The Bertz CT molecular complexity index is 1200. The smallest absolute Gasteiger partial charge is 0.271 e. The van der Waals surface area contributed by atoms with E-state index in [1.807, 2.05) is 0 Å². The number of nitrogens with zero attached hydrogens (tertiary/aromatic N) is 3. The van der Waals surface area contributed by atoms with Crippen LogP contribution in [0.25, 0.3) is 0 Å². The third-order valence-corrected chi connectivity index (χ3v) is 5.96. The quantitative estimate of drug-likeness (QED) is 0.430. The Hall–Kier alpha value is -3.73. The molecule has 0 unspecified atom stereocenters. The number of nitrogens with one attached hydrogen (secondary N) is 1. The molecule has 0 aliphatic heterocycles. The lowest BCUT2D eigenvalue weighted by atomic mass is 10.2. The first-order chi connectivity index (χ1) is 15.2. The molecule has 0 fully saturated rings. The Morgan fingerprint density at radius 3 is 2.47 bits per heavy atom. The number of amides is 1. The van der Waals surface area contributed by atoms with Crippen molar-refractivity contribution in [1.82, 2.24) is 10.4 Å². The first kappa shape index (κ1) is 22.9. The highest BCUT2D eigenvalue weighted by atomic mass is 32.2.